The van der Waals surface area contributed by atoms with Crippen molar-refractivity contribution in [1.29, 1.82) is 0 Å². The number of carbonyl (C=O) groups excluding carboxylic acids is 1. The summed E-state index contributed by atoms with van der Waals surface area (Å²) in [5.41, 5.74) is 1.03. The summed E-state index contributed by atoms with van der Waals surface area (Å²) < 4.78 is 10.8. The van der Waals surface area contributed by atoms with Gasteiger partial charge in [0.15, 0.2) is 11.5 Å². The van der Waals surface area contributed by atoms with E-state index < -0.39 is 0 Å². The average molecular weight is 388 g/mol. The van der Waals surface area contributed by atoms with Crippen LogP contribution in [0.5, 0.6) is 11.5 Å². The highest BCUT2D eigenvalue weighted by atomic mass is 32.2. The summed E-state index contributed by atoms with van der Waals surface area (Å²) in [5, 5.41) is 7.97. The number of rotatable bonds is 7. The fraction of sp³-hybridized carbons (Fsp3) is 0.526. The molecule has 0 bridgehead atoms. The molecule has 0 unspecified atom stereocenters. The fourth-order valence-electron chi connectivity index (χ4n) is 3.56. The highest BCUT2D eigenvalue weighted by Gasteiger charge is 2.21. The van der Waals surface area contributed by atoms with E-state index in [-0.39, 0.29) is 12.7 Å². The average Bonchev–Trinajstić information content (AvgIpc) is 3.44. The number of nitrogens with zero attached hydrogens (tertiary/aromatic N) is 3. The second kappa shape index (κ2) is 8.21. The summed E-state index contributed by atoms with van der Waals surface area (Å²) in [7, 11) is 0. The highest BCUT2D eigenvalue weighted by molar-refractivity contribution is 7.99. The number of carbonyl (C=O) groups is 1. The molecular formula is C19H24N4O3S. The van der Waals surface area contributed by atoms with Crippen molar-refractivity contribution in [3.63, 3.8) is 0 Å². The molecule has 1 amide bonds. The van der Waals surface area contributed by atoms with E-state index in [1.54, 1.807) is 0 Å². The van der Waals surface area contributed by atoms with E-state index in [2.05, 4.69) is 15.2 Å². The number of hydrogen-bond donors (Lipinski definition) is 1. The third kappa shape index (κ3) is 4.21. The largest absolute Gasteiger partial charge is 0.454 e. The molecule has 2 aromatic rings. The minimum absolute atomic E-state index is 0.0763. The molecule has 0 atom stereocenters. The topological polar surface area (TPSA) is 80.3 Å². The van der Waals surface area contributed by atoms with Crippen molar-refractivity contribution < 1.29 is 14.3 Å². The Morgan fingerprint density at radius 2 is 2.11 bits per heavy atom. The zero-order chi connectivity index (χ0) is 18.6. The first-order valence-corrected chi connectivity index (χ1v) is 10.4. The molecule has 1 aromatic carbocycles. The normalized spacial score (nSPS) is 16.0. The smallest absolute Gasteiger partial charge is 0.233 e. The van der Waals surface area contributed by atoms with Gasteiger partial charge in [-0.3, -0.25) is 9.89 Å². The lowest BCUT2D eigenvalue weighted by molar-refractivity contribution is -0.128. The number of fused-ring (bicyclic) bond motifs is 1. The van der Waals surface area contributed by atoms with Gasteiger partial charge in [0.25, 0.3) is 0 Å². The molecule has 0 radical (unpaired) electrons. The lowest BCUT2D eigenvalue weighted by Gasteiger charge is -2.20. The Morgan fingerprint density at radius 1 is 1.30 bits per heavy atom. The Labute approximate surface area is 162 Å². The Kier molecular flexibility index (Phi) is 5.52. The molecule has 1 saturated carbocycles. The van der Waals surface area contributed by atoms with Gasteiger partial charge in [-0.05, 0) is 37.5 Å². The maximum atomic E-state index is 12.6. The monoisotopic (exact) mass is 388 g/mol. The number of H-pyrrole nitrogens is 1. The maximum Gasteiger partial charge on any atom is 0.233 e. The lowest BCUT2D eigenvalue weighted by Crippen LogP contribution is -2.31. The van der Waals surface area contributed by atoms with E-state index in [1.165, 1.54) is 37.4 Å². The molecule has 7 nitrogen and oxygen atoms in total. The first kappa shape index (κ1) is 18.2. The van der Waals surface area contributed by atoms with Crippen LogP contribution in [0.25, 0.3) is 0 Å². The van der Waals surface area contributed by atoms with Crippen LogP contribution in [-0.2, 0) is 11.3 Å². The SMILES string of the molecule is CCN(Cc1ccc2c(c1)OCO2)C(=O)CSc1n[nH]c(C2CCCC2)n1. The Bertz CT molecular complexity index is 804. The quantitative estimate of drug-likeness (QED) is 0.733. The van der Waals surface area contributed by atoms with E-state index in [1.807, 2.05) is 30.0 Å². The molecule has 1 aliphatic carbocycles. The molecule has 1 N–H and O–H groups in total. The summed E-state index contributed by atoms with van der Waals surface area (Å²) >= 11 is 1.39. The molecule has 27 heavy (non-hydrogen) atoms. The molecule has 8 heteroatoms. The highest BCUT2D eigenvalue weighted by Crippen LogP contribution is 2.33. The molecule has 1 aromatic heterocycles. The number of amides is 1. The standard InChI is InChI=1S/C19H24N4O3S/c1-2-23(10-13-7-8-15-16(9-13)26-12-25-15)17(24)11-27-19-20-18(21-22-19)14-5-3-4-6-14/h7-9,14H,2-6,10-12H2,1H3,(H,20,21,22). The second-order valence-corrected chi connectivity index (χ2v) is 7.81. The Balaban J connectivity index is 1.32. The van der Waals surface area contributed by atoms with Gasteiger partial charge in [-0.2, -0.15) is 0 Å². The number of benzene rings is 1. The van der Waals surface area contributed by atoms with Crippen LogP contribution in [0.3, 0.4) is 0 Å². The molecule has 144 valence electrons. The van der Waals surface area contributed by atoms with E-state index in [4.69, 9.17) is 9.47 Å². The van der Waals surface area contributed by atoms with Crippen molar-refractivity contribution in [1.82, 2.24) is 20.1 Å². The van der Waals surface area contributed by atoms with Crippen LogP contribution >= 0.6 is 11.8 Å². The lowest BCUT2D eigenvalue weighted by atomic mass is 10.1. The summed E-state index contributed by atoms with van der Waals surface area (Å²) in [5.74, 6) is 3.38. The van der Waals surface area contributed by atoms with E-state index >= 15 is 0 Å². The zero-order valence-electron chi connectivity index (χ0n) is 15.4. The molecule has 0 saturated heterocycles. The summed E-state index contributed by atoms with van der Waals surface area (Å²) in [4.78, 5) is 19.0. The minimum atomic E-state index is 0.0763. The van der Waals surface area contributed by atoms with Gasteiger partial charge in [0.1, 0.15) is 5.82 Å². The summed E-state index contributed by atoms with van der Waals surface area (Å²) in [6.45, 7) is 3.44. The molecule has 1 fully saturated rings. The van der Waals surface area contributed by atoms with E-state index in [0.29, 0.717) is 29.9 Å². The second-order valence-electron chi connectivity index (χ2n) is 6.87. The van der Waals surface area contributed by atoms with Crippen LogP contribution in [0, 0.1) is 0 Å². The predicted molar refractivity (Wildman–Crippen MR) is 102 cm³/mol. The Morgan fingerprint density at radius 3 is 2.93 bits per heavy atom. The van der Waals surface area contributed by atoms with Gasteiger partial charge in [0.2, 0.25) is 17.9 Å². The summed E-state index contributed by atoms with van der Waals surface area (Å²) in [6.07, 6.45) is 4.88. The van der Waals surface area contributed by atoms with E-state index in [0.717, 1.165) is 22.9 Å². The summed E-state index contributed by atoms with van der Waals surface area (Å²) in [6, 6.07) is 5.80. The number of thioether (sulfide) groups is 1. The third-order valence-corrected chi connectivity index (χ3v) is 5.93. The van der Waals surface area contributed by atoms with Gasteiger partial charge in [0.05, 0.1) is 5.75 Å². The number of ether oxygens (including phenoxy) is 2. The fourth-order valence-corrected chi connectivity index (χ4v) is 4.27. The van der Waals surface area contributed by atoms with Gasteiger partial charge in [-0.15, -0.1) is 5.10 Å². The maximum absolute atomic E-state index is 12.6. The molecule has 2 aliphatic rings. The van der Waals surface area contributed by atoms with Crippen LogP contribution in [0.4, 0.5) is 0 Å². The number of aromatic nitrogens is 3. The third-order valence-electron chi connectivity index (χ3n) is 5.09. The van der Waals surface area contributed by atoms with E-state index in [9.17, 15) is 4.79 Å². The molecule has 2 heterocycles. The van der Waals surface area contributed by atoms with Gasteiger partial charge >= 0.3 is 0 Å². The van der Waals surface area contributed by atoms with Crippen molar-refractivity contribution in [3.8, 4) is 11.5 Å². The predicted octanol–water partition coefficient (Wildman–Crippen LogP) is 3.33. The number of aromatic amines is 1. The van der Waals surface area contributed by atoms with Crippen molar-refractivity contribution >= 4 is 17.7 Å². The molecule has 1 aliphatic heterocycles. The van der Waals surface area contributed by atoms with Gasteiger partial charge in [-0.1, -0.05) is 30.7 Å². The molecule has 0 spiro atoms. The van der Waals surface area contributed by atoms with Gasteiger partial charge in [0, 0.05) is 19.0 Å². The number of nitrogens with one attached hydrogen (secondary N) is 1. The van der Waals surface area contributed by atoms with Gasteiger partial charge < -0.3 is 14.4 Å². The van der Waals surface area contributed by atoms with Crippen molar-refractivity contribution in [2.24, 2.45) is 0 Å². The first-order valence-electron chi connectivity index (χ1n) is 9.44. The van der Waals surface area contributed by atoms with Crippen LogP contribution in [0.15, 0.2) is 23.4 Å². The number of hydrogen-bond acceptors (Lipinski definition) is 6. The van der Waals surface area contributed by atoms with Gasteiger partial charge in [-0.25, -0.2) is 4.98 Å². The Hall–Kier alpha value is -2.22. The minimum Gasteiger partial charge on any atom is -0.454 e. The van der Waals surface area contributed by atoms with Crippen molar-refractivity contribution in [3.05, 3.63) is 29.6 Å². The van der Waals surface area contributed by atoms with Crippen LogP contribution in [-0.4, -0.2) is 45.1 Å². The van der Waals surface area contributed by atoms with Crippen molar-refractivity contribution in [2.45, 2.75) is 50.2 Å². The van der Waals surface area contributed by atoms with Crippen LogP contribution < -0.4 is 9.47 Å². The van der Waals surface area contributed by atoms with Crippen LogP contribution in [0.1, 0.15) is 49.9 Å². The first-order chi connectivity index (χ1) is 13.2. The molecular weight excluding hydrogens is 364 g/mol. The van der Waals surface area contributed by atoms with Crippen LogP contribution in [0.2, 0.25) is 0 Å². The zero-order valence-corrected chi connectivity index (χ0v) is 16.3. The molecule has 4 rings (SSSR count). The van der Waals surface area contributed by atoms with Crippen molar-refractivity contribution in [2.75, 3.05) is 19.1 Å².